The number of alkyl halides is 3. The summed E-state index contributed by atoms with van der Waals surface area (Å²) < 4.78 is 40.2. The molecule has 170 valence electrons. The molecule has 32 heavy (non-hydrogen) atoms. The maximum absolute atomic E-state index is 12.9. The van der Waals surface area contributed by atoms with Gasteiger partial charge < -0.3 is 10.2 Å². The highest BCUT2D eigenvalue weighted by Gasteiger charge is 2.31. The second kappa shape index (κ2) is 8.70. The molecule has 0 radical (unpaired) electrons. The lowest BCUT2D eigenvalue weighted by Gasteiger charge is -2.30. The second-order valence-electron chi connectivity index (χ2n) is 7.76. The van der Waals surface area contributed by atoms with Crippen LogP contribution in [0.4, 0.5) is 24.0 Å². The third-order valence-electron chi connectivity index (χ3n) is 5.18. The summed E-state index contributed by atoms with van der Waals surface area (Å²) in [5.41, 5.74) is -1.26. The minimum Gasteiger partial charge on any atom is -0.348 e. The summed E-state index contributed by atoms with van der Waals surface area (Å²) in [5.74, 6) is -0.171. The molecule has 1 aliphatic rings. The number of halogens is 4. The highest BCUT2D eigenvalue weighted by molar-refractivity contribution is 7.22. The van der Waals surface area contributed by atoms with E-state index in [1.807, 2.05) is 0 Å². The number of carbonyl (C=O) groups is 1. The Hall–Kier alpha value is -2.66. The Kier molecular flexibility index (Phi) is 6.13. The summed E-state index contributed by atoms with van der Waals surface area (Å²) >= 11 is 7.14. The SMILES string of the molecule is C[C@@H]1CCCN(c2nc3ncn(CC(=O)Nc4cc(C(F)(F)F)ccc4Cl)c(=O)c3s2)C1. The third-order valence-corrected chi connectivity index (χ3v) is 6.60. The van der Waals surface area contributed by atoms with Gasteiger partial charge in [-0.05, 0) is 37.0 Å². The molecule has 0 saturated carbocycles. The second-order valence-corrected chi connectivity index (χ2v) is 9.15. The van der Waals surface area contributed by atoms with Crippen LogP contribution in [0.3, 0.4) is 0 Å². The highest BCUT2D eigenvalue weighted by atomic mass is 35.5. The van der Waals surface area contributed by atoms with E-state index in [2.05, 4.69) is 27.1 Å². The molecule has 0 aliphatic carbocycles. The predicted molar refractivity (Wildman–Crippen MR) is 117 cm³/mol. The summed E-state index contributed by atoms with van der Waals surface area (Å²) in [6, 6.07) is 2.63. The van der Waals surface area contributed by atoms with Crippen molar-refractivity contribution in [2.24, 2.45) is 5.92 Å². The number of nitrogens with one attached hydrogen (secondary N) is 1. The topological polar surface area (TPSA) is 80.1 Å². The Balaban J connectivity index is 1.54. The fourth-order valence-electron chi connectivity index (χ4n) is 3.59. The van der Waals surface area contributed by atoms with Crippen molar-refractivity contribution < 1.29 is 18.0 Å². The first kappa shape index (κ1) is 22.5. The van der Waals surface area contributed by atoms with Gasteiger partial charge in [0.25, 0.3) is 5.56 Å². The molecule has 1 aromatic carbocycles. The number of aromatic nitrogens is 3. The van der Waals surface area contributed by atoms with Crippen molar-refractivity contribution in [2.45, 2.75) is 32.5 Å². The number of thiazole rings is 1. The molecule has 1 saturated heterocycles. The van der Waals surface area contributed by atoms with E-state index in [1.165, 1.54) is 17.7 Å². The van der Waals surface area contributed by atoms with Crippen molar-refractivity contribution in [1.29, 1.82) is 0 Å². The van der Waals surface area contributed by atoms with Gasteiger partial charge in [-0.2, -0.15) is 18.2 Å². The van der Waals surface area contributed by atoms with Gasteiger partial charge in [0, 0.05) is 13.1 Å². The Labute approximate surface area is 189 Å². The van der Waals surface area contributed by atoms with Crippen LogP contribution in [0.2, 0.25) is 5.02 Å². The molecule has 1 N–H and O–H groups in total. The van der Waals surface area contributed by atoms with E-state index in [1.54, 1.807) is 0 Å². The molecule has 0 bridgehead atoms. The average Bonchev–Trinajstić information content (AvgIpc) is 3.16. The van der Waals surface area contributed by atoms with Gasteiger partial charge >= 0.3 is 6.18 Å². The molecular formula is C20H19ClF3N5O2S. The number of hydrogen-bond donors (Lipinski definition) is 1. The summed E-state index contributed by atoms with van der Waals surface area (Å²) in [6.45, 7) is 3.45. The molecule has 3 aromatic rings. The summed E-state index contributed by atoms with van der Waals surface area (Å²) in [4.78, 5) is 36.0. The molecule has 1 amide bonds. The number of amides is 1. The highest BCUT2D eigenvalue weighted by Crippen LogP contribution is 2.34. The van der Waals surface area contributed by atoms with Crippen LogP contribution < -0.4 is 15.8 Å². The van der Waals surface area contributed by atoms with Gasteiger partial charge in [0.05, 0.1) is 16.3 Å². The Morgan fingerprint density at radius 3 is 2.88 bits per heavy atom. The van der Waals surface area contributed by atoms with Crippen LogP contribution in [0.5, 0.6) is 0 Å². The largest absolute Gasteiger partial charge is 0.416 e. The molecule has 0 spiro atoms. The predicted octanol–water partition coefficient (Wildman–Crippen LogP) is 4.40. The number of piperidine rings is 1. The molecule has 1 fully saturated rings. The molecular weight excluding hydrogens is 467 g/mol. The molecule has 2 aromatic heterocycles. The van der Waals surface area contributed by atoms with Crippen molar-refractivity contribution in [3.63, 3.8) is 0 Å². The lowest BCUT2D eigenvalue weighted by atomic mass is 10.0. The van der Waals surface area contributed by atoms with Gasteiger partial charge in [-0.15, -0.1) is 0 Å². The van der Waals surface area contributed by atoms with Crippen molar-refractivity contribution >= 4 is 50.0 Å². The molecule has 3 heterocycles. The molecule has 4 rings (SSSR count). The van der Waals surface area contributed by atoms with E-state index in [0.29, 0.717) is 21.4 Å². The number of anilines is 2. The van der Waals surface area contributed by atoms with Crippen LogP contribution in [-0.2, 0) is 17.5 Å². The third kappa shape index (κ3) is 4.73. The molecule has 1 atom stereocenters. The van der Waals surface area contributed by atoms with Gasteiger partial charge in [0.15, 0.2) is 10.8 Å². The van der Waals surface area contributed by atoms with Crippen molar-refractivity contribution in [1.82, 2.24) is 14.5 Å². The number of hydrogen-bond acceptors (Lipinski definition) is 6. The minimum atomic E-state index is -4.58. The van der Waals surface area contributed by atoms with E-state index < -0.39 is 29.8 Å². The van der Waals surface area contributed by atoms with E-state index in [0.717, 1.165) is 48.7 Å². The minimum absolute atomic E-state index is 0.0462. The molecule has 0 unspecified atom stereocenters. The van der Waals surface area contributed by atoms with Gasteiger partial charge in [-0.3, -0.25) is 14.2 Å². The van der Waals surface area contributed by atoms with Gasteiger partial charge in [0.1, 0.15) is 17.6 Å². The van der Waals surface area contributed by atoms with E-state index in [4.69, 9.17) is 11.6 Å². The standard InChI is InChI=1S/C20H19ClF3N5O2S/c1-11-3-2-6-28(8-11)19-27-17-16(32-19)18(31)29(10-25-17)9-15(30)26-14-7-12(20(22,23)24)4-5-13(14)21/h4-5,7,10-11H,2-3,6,8-9H2,1H3,(H,26,30)/t11-/m1/s1. The maximum atomic E-state index is 12.9. The summed E-state index contributed by atoms with van der Waals surface area (Å²) in [6.07, 6.45) is -1.17. The van der Waals surface area contributed by atoms with Crippen molar-refractivity contribution in [3.8, 4) is 0 Å². The van der Waals surface area contributed by atoms with Crippen LogP contribution in [-0.4, -0.2) is 33.5 Å². The van der Waals surface area contributed by atoms with Crippen LogP contribution >= 0.6 is 22.9 Å². The zero-order valence-corrected chi connectivity index (χ0v) is 18.5. The van der Waals surface area contributed by atoms with Gasteiger partial charge in [0.2, 0.25) is 5.91 Å². The fourth-order valence-corrected chi connectivity index (χ4v) is 4.76. The van der Waals surface area contributed by atoms with Gasteiger partial charge in [-0.1, -0.05) is 29.9 Å². The fraction of sp³-hybridized carbons (Fsp3) is 0.400. The number of rotatable bonds is 4. The number of fused-ring (bicyclic) bond motifs is 1. The normalized spacial score (nSPS) is 17.0. The number of nitrogens with zero attached hydrogens (tertiary/aromatic N) is 4. The Morgan fingerprint density at radius 2 is 2.16 bits per heavy atom. The smallest absolute Gasteiger partial charge is 0.348 e. The zero-order chi connectivity index (χ0) is 23.0. The summed E-state index contributed by atoms with van der Waals surface area (Å²) in [5, 5.41) is 3.00. The van der Waals surface area contributed by atoms with Gasteiger partial charge in [-0.25, -0.2) is 4.98 Å². The maximum Gasteiger partial charge on any atom is 0.416 e. The summed E-state index contributed by atoms with van der Waals surface area (Å²) in [7, 11) is 0. The lowest BCUT2D eigenvalue weighted by Crippen LogP contribution is -2.34. The first-order valence-electron chi connectivity index (χ1n) is 9.89. The zero-order valence-electron chi connectivity index (χ0n) is 16.9. The average molecular weight is 486 g/mol. The van der Waals surface area contributed by atoms with Crippen LogP contribution in [0.1, 0.15) is 25.3 Å². The first-order valence-corrected chi connectivity index (χ1v) is 11.1. The van der Waals surface area contributed by atoms with Crippen LogP contribution in [0.15, 0.2) is 29.3 Å². The number of benzene rings is 1. The van der Waals surface area contributed by atoms with E-state index >= 15 is 0 Å². The first-order chi connectivity index (χ1) is 15.1. The molecule has 12 heteroatoms. The quantitative estimate of drug-likeness (QED) is 0.592. The monoisotopic (exact) mass is 485 g/mol. The van der Waals surface area contributed by atoms with Crippen molar-refractivity contribution in [3.05, 3.63) is 45.5 Å². The van der Waals surface area contributed by atoms with Crippen LogP contribution in [0, 0.1) is 5.92 Å². The van der Waals surface area contributed by atoms with Crippen LogP contribution in [0.25, 0.3) is 10.3 Å². The van der Waals surface area contributed by atoms with Crippen molar-refractivity contribution in [2.75, 3.05) is 23.3 Å². The van der Waals surface area contributed by atoms with E-state index in [9.17, 15) is 22.8 Å². The Bertz CT molecular complexity index is 1230. The Morgan fingerprint density at radius 1 is 1.38 bits per heavy atom. The van der Waals surface area contributed by atoms with E-state index in [-0.39, 0.29) is 10.7 Å². The lowest BCUT2D eigenvalue weighted by molar-refractivity contribution is -0.137. The number of carbonyl (C=O) groups excluding carboxylic acids is 1. The molecule has 1 aliphatic heterocycles. The molecule has 7 nitrogen and oxygen atoms in total.